The van der Waals surface area contributed by atoms with Crippen LogP contribution in [0.3, 0.4) is 0 Å². The summed E-state index contributed by atoms with van der Waals surface area (Å²) in [4.78, 5) is 17.0. The number of oxazole rings is 1. The van der Waals surface area contributed by atoms with Gasteiger partial charge in [-0.3, -0.25) is 4.79 Å². The van der Waals surface area contributed by atoms with E-state index < -0.39 is 0 Å². The first-order valence-electron chi connectivity index (χ1n) is 7.90. The van der Waals surface area contributed by atoms with Crippen LogP contribution in [0.4, 0.5) is 5.69 Å². The van der Waals surface area contributed by atoms with Crippen molar-refractivity contribution >= 4 is 22.7 Å². The van der Waals surface area contributed by atoms with E-state index in [0.29, 0.717) is 5.89 Å². The van der Waals surface area contributed by atoms with Gasteiger partial charge in [-0.1, -0.05) is 43.7 Å². The summed E-state index contributed by atoms with van der Waals surface area (Å²) in [5.41, 5.74) is 3.28. The van der Waals surface area contributed by atoms with Crippen LogP contribution in [0.1, 0.15) is 37.1 Å². The highest BCUT2D eigenvalue weighted by Gasteiger charge is 2.19. The van der Waals surface area contributed by atoms with Crippen LogP contribution in [0.15, 0.2) is 52.9 Å². The molecule has 0 saturated carbocycles. The summed E-state index contributed by atoms with van der Waals surface area (Å²) in [5.74, 6) is 0.491. The second-order valence-electron chi connectivity index (χ2n) is 5.66. The van der Waals surface area contributed by atoms with Crippen molar-refractivity contribution in [1.29, 1.82) is 0 Å². The van der Waals surface area contributed by atoms with Gasteiger partial charge in [0.25, 0.3) is 0 Å². The van der Waals surface area contributed by atoms with Gasteiger partial charge in [0.1, 0.15) is 5.52 Å². The number of carbonyl (C=O) groups is 1. The molecule has 3 rings (SSSR count). The zero-order chi connectivity index (χ0) is 16.2. The topological polar surface area (TPSA) is 55.1 Å². The van der Waals surface area contributed by atoms with Gasteiger partial charge in [-0.15, -0.1) is 0 Å². The summed E-state index contributed by atoms with van der Waals surface area (Å²) in [6.45, 7) is 3.90. The van der Waals surface area contributed by atoms with Gasteiger partial charge in [0.15, 0.2) is 11.5 Å². The Hall–Kier alpha value is -2.62. The van der Waals surface area contributed by atoms with E-state index in [9.17, 15) is 4.79 Å². The minimum Gasteiger partial charge on any atom is -0.441 e. The highest BCUT2D eigenvalue weighted by molar-refractivity contribution is 5.97. The molecular formula is C19H20N2O2. The summed E-state index contributed by atoms with van der Waals surface area (Å²) in [5, 5.41) is 3.01. The van der Waals surface area contributed by atoms with E-state index in [4.69, 9.17) is 4.42 Å². The highest BCUT2D eigenvalue weighted by Crippen LogP contribution is 2.25. The third kappa shape index (κ3) is 3.42. The molecule has 23 heavy (non-hydrogen) atoms. The zero-order valence-electron chi connectivity index (χ0n) is 13.4. The van der Waals surface area contributed by atoms with Crippen LogP contribution >= 0.6 is 0 Å². The van der Waals surface area contributed by atoms with E-state index in [0.717, 1.165) is 35.2 Å². The molecule has 4 nitrogen and oxygen atoms in total. The number of nitrogens with zero attached hydrogens (tertiary/aromatic N) is 1. The molecule has 1 unspecified atom stereocenters. The maximum Gasteiger partial charge on any atom is 0.231 e. The van der Waals surface area contributed by atoms with Gasteiger partial charge in [0, 0.05) is 12.6 Å². The predicted molar refractivity (Wildman–Crippen MR) is 91.5 cm³/mol. The molecule has 1 amide bonds. The Morgan fingerprint density at radius 2 is 2.00 bits per heavy atom. The van der Waals surface area contributed by atoms with Crippen molar-refractivity contribution in [3.63, 3.8) is 0 Å². The second-order valence-corrected chi connectivity index (χ2v) is 5.66. The van der Waals surface area contributed by atoms with Gasteiger partial charge in [-0.25, -0.2) is 4.98 Å². The molecule has 0 radical (unpaired) electrons. The Bertz CT molecular complexity index is 809. The molecule has 1 heterocycles. The van der Waals surface area contributed by atoms with Crippen molar-refractivity contribution in [1.82, 2.24) is 4.98 Å². The molecule has 2 aromatic carbocycles. The number of aromatic nitrogens is 1. The predicted octanol–water partition coefficient (Wildman–Crippen LogP) is 4.66. The largest absolute Gasteiger partial charge is 0.441 e. The number of nitrogens with one attached hydrogen (secondary N) is 1. The number of hydrogen-bond acceptors (Lipinski definition) is 3. The summed E-state index contributed by atoms with van der Waals surface area (Å²) in [6.07, 6.45) is 1.77. The van der Waals surface area contributed by atoms with Crippen molar-refractivity contribution < 1.29 is 9.21 Å². The first kappa shape index (κ1) is 15.3. The minimum absolute atomic E-state index is 0.0117. The van der Waals surface area contributed by atoms with Gasteiger partial charge in [0.05, 0.1) is 5.92 Å². The van der Waals surface area contributed by atoms with Crippen LogP contribution in [0.25, 0.3) is 11.1 Å². The van der Waals surface area contributed by atoms with E-state index in [1.165, 1.54) is 0 Å². The Labute approximate surface area is 135 Å². The molecule has 1 atom stereocenters. The number of carbonyl (C=O) groups excluding carboxylic acids is 1. The summed E-state index contributed by atoms with van der Waals surface area (Å²) in [6, 6.07) is 15.4. The molecule has 118 valence electrons. The molecule has 0 bridgehead atoms. The van der Waals surface area contributed by atoms with Gasteiger partial charge in [-0.2, -0.15) is 0 Å². The van der Waals surface area contributed by atoms with Crippen LogP contribution in [0.2, 0.25) is 0 Å². The van der Waals surface area contributed by atoms with Crippen LogP contribution in [-0.2, 0) is 4.79 Å². The Balaban J connectivity index is 1.82. The second kappa shape index (κ2) is 6.65. The molecule has 0 fully saturated rings. The lowest BCUT2D eigenvalue weighted by Crippen LogP contribution is -2.21. The van der Waals surface area contributed by atoms with E-state index in [1.807, 2.05) is 55.5 Å². The fraction of sp³-hybridized carbons (Fsp3) is 0.263. The lowest BCUT2D eigenvalue weighted by molar-refractivity contribution is -0.117. The van der Waals surface area contributed by atoms with Crippen LogP contribution in [-0.4, -0.2) is 10.9 Å². The van der Waals surface area contributed by atoms with Crippen molar-refractivity contribution in [2.24, 2.45) is 0 Å². The van der Waals surface area contributed by atoms with E-state index in [-0.39, 0.29) is 11.8 Å². The lowest BCUT2D eigenvalue weighted by atomic mass is 9.93. The number of benzene rings is 2. The molecule has 0 aliphatic carbocycles. The Morgan fingerprint density at radius 1 is 1.22 bits per heavy atom. The SMILES string of the molecule is CCCC(C(=O)Nc1ccc2oc(C)nc2c1)c1ccccc1. The van der Waals surface area contributed by atoms with E-state index in [1.54, 1.807) is 0 Å². The fourth-order valence-electron chi connectivity index (χ4n) is 2.77. The molecule has 1 aromatic heterocycles. The van der Waals surface area contributed by atoms with Gasteiger partial charge >= 0.3 is 0 Å². The maximum atomic E-state index is 12.7. The summed E-state index contributed by atoms with van der Waals surface area (Å²) >= 11 is 0. The average molecular weight is 308 g/mol. The third-order valence-electron chi connectivity index (χ3n) is 3.86. The quantitative estimate of drug-likeness (QED) is 0.746. The van der Waals surface area contributed by atoms with Gasteiger partial charge in [-0.05, 0) is 30.2 Å². The molecule has 0 aliphatic rings. The monoisotopic (exact) mass is 308 g/mol. The van der Waals surface area contributed by atoms with Crippen LogP contribution < -0.4 is 5.32 Å². The number of fused-ring (bicyclic) bond motifs is 1. The number of aryl methyl sites for hydroxylation is 1. The summed E-state index contributed by atoms with van der Waals surface area (Å²) < 4.78 is 5.46. The average Bonchev–Trinajstić information content (AvgIpc) is 2.92. The maximum absolute atomic E-state index is 12.7. The van der Waals surface area contributed by atoms with E-state index >= 15 is 0 Å². The van der Waals surface area contributed by atoms with Crippen molar-refractivity contribution in [3.8, 4) is 0 Å². The first-order chi connectivity index (χ1) is 11.2. The highest BCUT2D eigenvalue weighted by atomic mass is 16.3. The minimum atomic E-state index is -0.143. The van der Waals surface area contributed by atoms with Crippen molar-refractivity contribution in [2.75, 3.05) is 5.32 Å². The smallest absolute Gasteiger partial charge is 0.231 e. The lowest BCUT2D eigenvalue weighted by Gasteiger charge is -2.16. The van der Waals surface area contributed by atoms with Crippen LogP contribution in [0.5, 0.6) is 0 Å². The number of rotatable bonds is 5. The van der Waals surface area contributed by atoms with E-state index in [2.05, 4.69) is 17.2 Å². The molecule has 0 aliphatic heterocycles. The molecular weight excluding hydrogens is 288 g/mol. The molecule has 4 heteroatoms. The molecule has 0 spiro atoms. The first-order valence-corrected chi connectivity index (χ1v) is 7.90. The normalized spacial score (nSPS) is 12.3. The summed E-state index contributed by atoms with van der Waals surface area (Å²) in [7, 11) is 0. The standard InChI is InChI=1S/C19H20N2O2/c1-3-7-16(14-8-5-4-6-9-14)19(22)21-15-10-11-18-17(12-15)20-13(2)23-18/h4-6,8-12,16H,3,7H2,1-2H3,(H,21,22). The Morgan fingerprint density at radius 3 is 2.74 bits per heavy atom. The van der Waals surface area contributed by atoms with Crippen LogP contribution in [0, 0.1) is 6.92 Å². The fourth-order valence-corrected chi connectivity index (χ4v) is 2.77. The van der Waals surface area contributed by atoms with Crippen molar-refractivity contribution in [2.45, 2.75) is 32.6 Å². The molecule has 3 aromatic rings. The van der Waals surface area contributed by atoms with Gasteiger partial charge < -0.3 is 9.73 Å². The number of hydrogen-bond donors (Lipinski definition) is 1. The van der Waals surface area contributed by atoms with Crippen molar-refractivity contribution in [3.05, 3.63) is 60.0 Å². The number of anilines is 1. The van der Waals surface area contributed by atoms with Gasteiger partial charge in [0.2, 0.25) is 5.91 Å². The Kier molecular flexibility index (Phi) is 4.42. The molecule has 0 saturated heterocycles. The third-order valence-corrected chi connectivity index (χ3v) is 3.86. The molecule has 1 N–H and O–H groups in total. The number of amides is 1. The zero-order valence-corrected chi connectivity index (χ0v) is 13.4.